The second-order valence-electron chi connectivity index (χ2n) is 5.52. The fraction of sp³-hybridized carbons (Fsp3) is 0.571. The van der Waals surface area contributed by atoms with E-state index in [2.05, 4.69) is 60.8 Å². The maximum absolute atomic E-state index is 4.53. The lowest BCUT2D eigenvalue weighted by Crippen LogP contribution is -2.35. The van der Waals surface area contributed by atoms with Crippen molar-refractivity contribution in [2.24, 2.45) is 7.05 Å². The van der Waals surface area contributed by atoms with Gasteiger partial charge in [0.05, 0.1) is 18.8 Å². The Morgan fingerprint density at radius 3 is 2.65 bits per heavy atom. The van der Waals surface area contributed by atoms with E-state index in [1.54, 1.807) is 0 Å². The smallest absolute Gasteiger partial charge is 0.122 e. The predicted octanol–water partition coefficient (Wildman–Crippen LogP) is 2.37. The Hall–Kier alpha value is -0.890. The summed E-state index contributed by atoms with van der Waals surface area (Å²) in [6.07, 6.45) is 8.19. The van der Waals surface area contributed by atoms with E-state index in [1.165, 1.54) is 22.1 Å². The van der Waals surface area contributed by atoms with Crippen LogP contribution in [0.3, 0.4) is 0 Å². The van der Waals surface area contributed by atoms with Crippen molar-refractivity contribution in [3.63, 3.8) is 0 Å². The Morgan fingerprint density at radius 2 is 2.10 bits per heavy atom. The molecule has 1 fully saturated rings. The molecule has 2 aromatic heterocycles. The molecule has 0 atom stereocenters. The summed E-state index contributed by atoms with van der Waals surface area (Å²) in [5, 5.41) is 4.53. The van der Waals surface area contributed by atoms with Gasteiger partial charge in [0.1, 0.15) is 9.53 Å². The first-order valence-corrected chi connectivity index (χ1v) is 8.11. The number of hydrogen-bond donors (Lipinski definition) is 0. The summed E-state index contributed by atoms with van der Waals surface area (Å²) in [7, 11) is 2.06. The maximum Gasteiger partial charge on any atom is 0.122 e. The highest BCUT2D eigenvalue weighted by atomic mass is 127. The van der Waals surface area contributed by atoms with Gasteiger partial charge in [-0.15, -0.1) is 0 Å². The van der Waals surface area contributed by atoms with Crippen molar-refractivity contribution in [3.05, 3.63) is 33.7 Å². The first-order valence-electron chi connectivity index (χ1n) is 7.03. The molecule has 1 aliphatic rings. The van der Waals surface area contributed by atoms with E-state index in [-0.39, 0.29) is 0 Å². The zero-order valence-electron chi connectivity index (χ0n) is 12.0. The molecule has 0 aliphatic carbocycles. The minimum Gasteiger partial charge on any atom is -0.337 e. The molecule has 5 nitrogen and oxygen atoms in total. The fourth-order valence-electron chi connectivity index (χ4n) is 2.76. The molecule has 2 aromatic rings. The predicted molar refractivity (Wildman–Crippen MR) is 86.4 cm³/mol. The number of rotatable bonds is 3. The third-order valence-corrected chi connectivity index (χ3v) is 5.44. The van der Waals surface area contributed by atoms with Crippen molar-refractivity contribution in [2.75, 3.05) is 13.1 Å². The number of imidazole rings is 1. The van der Waals surface area contributed by atoms with Crippen LogP contribution in [0.4, 0.5) is 0 Å². The van der Waals surface area contributed by atoms with Gasteiger partial charge in [-0.25, -0.2) is 4.98 Å². The summed E-state index contributed by atoms with van der Waals surface area (Å²) in [5.74, 6) is 1.15. The molecule has 3 rings (SSSR count). The van der Waals surface area contributed by atoms with Crippen molar-refractivity contribution in [1.29, 1.82) is 0 Å². The lowest BCUT2D eigenvalue weighted by atomic mass is 10.1. The standard InChI is InChI=1S/C14H20IN5/c1-11-9-17-20(14(11)15)12-3-6-19(7-4-12)10-13-16-5-8-18(13)2/h5,8-9,12H,3-4,6-7,10H2,1-2H3. The third kappa shape index (κ3) is 2.76. The molecule has 6 heteroatoms. The van der Waals surface area contributed by atoms with Crippen LogP contribution in [0.2, 0.25) is 0 Å². The molecule has 1 saturated heterocycles. The first-order chi connectivity index (χ1) is 9.65. The maximum atomic E-state index is 4.53. The van der Waals surface area contributed by atoms with Crippen molar-refractivity contribution in [1.82, 2.24) is 24.2 Å². The molecule has 108 valence electrons. The van der Waals surface area contributed by atoms with Gasteiger partial charge in [-0.05, 0) is 42.4 Å². The van der Waals surface area contributed by atoms with Crippen LogP contribution in [0.25, 0.3) is 0 Å². The minimum absolute atomic E-state index is 0.549. The summed E-state index contributed by atoms with van der Waals surface area (Å²) in [6.45, 7) is 5.31. The zero-order valence-corrected chi connectivity index (χ0v) is 14.1. The van der Waals surface area contributed by atoms with E-state index < -0.39 is 0 Å². The Bertz CT molecular complexity index is 580. The van der Waals surface area contributed by atoms with Gasteiger partial charge in [0.25, 0.3) is 0 Å². The fourth-order valence-corrected chi connectivity index (χ4v) is 3.42. The Morgan fingerprint density at radius 1 is 1.35 bits per heavy atom. The van der Waals surface area contributed by atoms with Gasteiger partial charge in [-0.1, -0.05) is 0 Å². The van der Waals surface area contributed by atoms with Crippen molar-refractivity contribution in [2.45, 2.75) is 32.4 Å². The molecule has 0 radical (unpaired) electrons. The highest BCUT2D eigenvalue weighted by Gasteiger charge is 2.23. The van der Waals surface area contributed by atoms with Crippen LogP contribution < -0.4 is 0 Å². The Balaban J connectivity index is 1.60. The molecule has 20 heavy (non-hydrogen) atoms. The Labute approximate surface area is 133 Å². The highest BCUT2D eigenvalue weighted by Crippen LogP contribution is 2.26. The third-order valence-electron chi connectivity index (χ3n) is 4.09. The summed E-state index contributed by atoms with van der Waals surface area (Å²) in [5.41, 5.74) is 1.28. The zero-order chi connectivity index (χ0) is 14.1. The highest BCUT2D eigenvalue weighted by molar-refractivity contribution is 14.1. The van der Waals surface area contributed by atoms with E-state index in [0.29, 0.717) is 6.04 Å². The van der Waals surface area contributed by atoms with Crippen molar-refractivity contribution < 1.29 is 0 Å². The van der Waals surface area contributed by atoms with Crippen LogP contribution in [0.15, 0.2) is 18.6 Å². The lowest BCUT2D eigenvalue weighted by molar-refractivity contribution is 0.167. The van der Waals surface area contributed by atoms with E-state index in [4.69, 9.17) is 0 Å². The monoisotopic (exact) mass is 385 g/mol. The second-order valence-corrected chi connectivity index (χ2v) is 6.55. The Kier molecular flexibility index (Phi) is 4.11. The summed E-state index contributed by atoms with van der Waals surface area (Å²) in [6, 6.07) is 0.549. The van der Waals surface area contributed by atoms with Crippen LogP contribution in [-0.4, -0.2) is 37.3 Å². The van der Waals surface area contributed by atoms with Crippen molar-refractivity contribution in [3.8, 4) is 0 Å². The summed E-state index contributed by atoms with van der Waals surface area (Å²) < 4.78 is 5.59. The van der Waals surface area contributed by atoms with E-state index in [1.807, 2.05) is 18.6 Å². The van der Waals surface area contributed by atoms with Gasteiger partial charge in [0, 0.05) is 38.1 Å². The largest absolute Gasteiger partial charge is 0.337 e. The normalized spacial score (nSPS) is 17.8. The number of hydrogen-bond acceptors (Lipinski definition) is 3. The average Bonchev–Trinajstić information content (AvgIpc) is 2.99. The summed E-state index contributed by atoms with van der Waals surface area (Å²) in [4.78, 5) is 6.90. The topological polar surface area (TPSA) is 38.9 Å². The van der Waals surface area contributed by atoms with Crippen LogP contribution in [0.5, 0.6) is 0 Å². The SMILES string of the molecule is Cc1cnn(C2CCN(Cc3nccn3C)CC2)c1I. The molecular weight excluding hydrogens is 365 g/mol. The molecule has 0 bridgehead atoms. The summed E-state index contributed by atoms with van der Waals surface area (Å²) >= 11 is 2.40. The van der Waals surface area contributed by atoms with Gasteiger partial charge in [-0.2, -0.15) is 5.10 Å². The van der Waals surface area contributed by atoms with E-state index in [9.17, 15) is 0 Å². The van der Waals surface area contributed by atoms with Crippen LogP contribution >= 0.6 is 22.6 Å². The molecule has 0 N–H and O–H groups in total. The number of nitrogens with zero attached hydrogens (tertiary/aromatic N) is 5. The van der Waals surface area contributed by atoms with E-state index in [0.717, 1.165) is 25.5 Å². The van der Waals surface area contributed by atoms with E-state index >= 15 is 0 Å². The minimum atomic E-state index is 0.549. The van der Waals surface area contributed by atoms with Gasteiger partial charge < -0.3 is 4.57 Å². The molecule has 0 spiro atoms. The number of halogens is 1. The molecular formula is C14H20IN5. The number of aryl methyl sites for hydroxylation is 2. The van der Waals surface area contributed by atoms with Gasteiger partial charge in [0.2, 0.25) is 0 Å². The lowest BCUT2D eigenvalue weighted by Gasteiger charge is -2.32. The van der Waals surface area contributed by atoms with Crippen LogP contribution in [-0.2, 0) is 13.6 Å². The number of likely N-dealkylation sites (tertiary alicyclic amines) is 1. The first kappa shape index (κ1) is 14.1. The molecule has 0 saturated carbocycles. The van der Waals surface area contributed by atoms with Gasteiger partial charge in [-0.3, -0.25) is 9.58 Å². The molecule has 0 unspecified atom stereocenters. The average molecular weight is 385 g/mol. The van der Waals surface area contributed by atoms with Gasteiger partial charge in [0.15, 0.2) is 0 Å². The quantitative estimate of drug-likeness (QED) is 0.762. The van der Waals surface area contributed by atoms with Crippen molar-refractivity contribution >= 4 is 22.6 Å². The van der Waals surface area contributed by atoms with Crippen LogP contribution in [0.1, 0.15) is 30.3 Å². The van der Waals surface area contributed by atoms with Gasteiger partial charge >= 0.3 is 0 Å². The second kappa shape index (κ2) is 5.85. The number of piperidine rings is 1. The molecule has 3 heterocycles. The van der Waals surface area contributed by atoms with Crippen LogP contribution in [0, 0.1) is 10.6 Å². The molecule has 0 amide bonds. The number of aromatic nitrogens is 4. The molecule has 0 aromatic carbocycles. The molecule has 1 aliphatic heterocycles.